The van der Waals surface area contributed by atoms with Crippen LogP contribution in [0, 0.1) is 11.3 Å². The van der Waals surface area contributed by atoms with E-state index in [0.29, 0.717) is 11.1 Å². The van der Waals surface area contributed by atoms with Gasteiger partial charge < -0.3 is 0 Å². The van der Waals surface area contributed by atoms with E-state index in [1.165, 1.54) is 0 Å². The number of hydrazine groups is 1. The molecule has 1 aromatic rings. The molecule has 1 aromatic carbocycles. The molecule has 1 amide bonds. The van der Waals surface area contributed by atoms with Crippen molar-refractivity contribution >= 4 is 5.91 Å². The number of carbonyl (C=O) groups is 1. The maximum absolute atomic E-state index is 11.6. The first-order valence-corrected chi connectivity index (χ1v) is 5.00. The van der Waals surface area contributed by atoms with Crippen molar-refractivity contribution in [3.63, 3.8) is 0 Å². The minimum Gasteiger partial charge on any atom is -0.287 e. The van der Waals surface area contributed by atoms with Crippen molar-refractivity contribution in [2.75, 3.05) is 0 Å². The molecule has 0 unspecified atom stereocenters. The molecule has 84 valence electrons. The summed E-state index contributed by atoms with van der Waals surface area (Å²) in [4.78, 5) is 11.6. The molecule has 0 heterocycles. The summed E-state index contributed by atoms with van der Waals surface area (Å²) in [5.41, 5.74) is 6.38. The number of nitriles is 1. The van der Waals surface area contributed by atoms with Crippen LogP contribution in [0.4, 0.5) is 0 Å². The molecule has 0 atom stereocenters. The third-order valence-corrected chi connectivity index (χ3v) is 1.83. The summed E-state index contributed by atoms with van der Waals surface area (Å²) in [5.74, 6) is -0.209. The fraction of sp³-hybridized carbons (Fsp3) is 0.333. The topological polar surface area (TPSA) is 64.9 Å². The lowest BCUT2D eigenvalue weighted by molar-refractivity contribution is 0.0914. The predicted molar refractivity (Wildman–Crippen MR) is 61.5 cm³/mol. The van der Waals surface area contributed by atoms with Crippen LogP contribution in [0.1, 0.15) is 36.7 Å². The summed E-state index contributed by atoms with van der Waals surface area (Å²) in [6.07, 6.45) is 0. The first-order valence-electron chi connectivity index (χ1n) is 5.00. The predicted octanol–water partition coefficient (Wildman–Crippen LogP) is 1.59. The van der Waals surface area contributed by atoms with E-state index >= 15 is 0 Å². The highest BCUT2D eigenvalue weighted by molar-refractivity contribution is 5.93. The number of hydrogen-bond donors (Lipinski definition) is 2. The van der Waals surface area contributed by atoms with Gasteiger partial charge in [-0.2, -0.15) is 5.26 Å². The van der Waals surface area contributed by atoms with Crippen molar-refractivity contribution in [3.8, 4) is 6.07 Å². The maximum Gasteiger partial charge on any atom is 0.265 e. The van der Waals surface area contributed by atoms with Gasteiger partial charge in [-0.1, -0.05) is 0 Å². The number of amides is 1. The van der Waals surface area contributed by atoms with E-state index in [1.54, 1.807) is 24.3 Å². The van der Waals surface area contributed by atoms with Gasteiger partial charge in [0.15, 0.2) is 0 Å². The molecule has 0 aromatic heterocycles. The number of nitrogens with one attached hydrogen (secondary N) is 2. The molecule has 1 rings (SSSR count). The molecule has 0 spiro atoms. The molecular weight excluding hydrogens is 202 g/mol. The van der Waals surface area contributed by atoms with Crippen molar-refractivity contribution in [1.29, 1.82) is 5.26 Å². The van der Waals surface area contributed by atoms with Crippen molar-refractivity contribution in [3.05, 3.63) is 35.4 Å². The Labute approximate surface area is 95.2 Å². The van der Waals surface area contributed by atoms with Gasteiger partial charge in [0, 0.05) is 11.1 Å². The number of rotatable bonds is 2. The van der Waals surface area contributed by atoms with Gasteiger partial charge in [0.1, 0.15) is 0 Å². The zero-order valence-electron chi connectivity index (χ0n) is 9.66. The molecule has 4 heteroatoms. The van der Waals surface area contributed by atoms with Crippen LogP contribution in [-0.4, -0.2) is 11.4 Å². The van der Waals surface area contributed by atoms with Gasteiger partial charge in [0.25, 0.3) is 5.91 Å². The quantitative estimate of drug-likeness (QED) is 0.739. The van der Waals surface area contributed by atoms with E-state index in [2.05, 4.69) is 10.9 Å². The second-order valence-electron chi connectivity index (χ2n) is 4.52. The lowest BCUT2D eigenvalue weighted by atomic mass is 10.1. The van der Waals surface area contributed by atoms with E-state index in [9.17, 15) is 4.79 Å². The van der Waals surface area contributed by atoms with Gasteiger partial charge in [-0.25, -0.2) is 5.43 Å². The number of nitrogens with zero attached hydrogens (tertiary/aromatic N) is 1. The third-order valence-electron chi connectivity index (χ3n) is 1.83. The Bertz CT molecular complexity index is 409. The second kappa shape index (κ2) is 4.77. The minimum atomic E-state index is -0.209. The van der Waals surface area contributed by atoms with Crippen LogP contribution in [0.2, 0.25) is 0 Å². The fourth-order valence-corrected chi connectivity index (χ4v) is 1.01. The molecule has 0 aliphatic heterocycles. The summed E-state index contributed by atoms with van der Waals surface area (Å²) in [6, 6.07) is 8.48. The molecule has 0 radical (unpaired) electrons. The van der Waals surface area contributed by atoms with Crippen LogP contribution >= 0.6 is 0 Å². The smallest absolute Gasteiger partial charge is 0.265 e. The molecule has 16 heavy (non-hydrogen) atoms. The number of carbonyl (C=O) groups excluding carboxylic acids is 1. The molecular formula is C12H15N3O. The van der Waals surface area contributed by atoms with E-state index in [1.807, 2.05) is 26.8 Å². The highest BCUT2D eigenvalue weighted by atomic mass is 16.2. The van der Waals surface area contributed by atoms with Crippen LogP contribution in [0.3, 0.4) is 0 Å². The molecule has 0 fully saturated rings. The third kappa shape index (κ3) is 3.71. The lowest BCUT2D eigenvalue weighted by Crippen LogP contribution is -2.48. The van der Waals surface area contributed by atoms with Gasteiger partial charge in [-0.3, -0.25) is 10.2 Å². The first-order chi connectivity index (χ1) is 7.42. The Kier molecular flexibility index (Phi) is 3.64. The van der Waals surface area contributed by atoms with Crippen LogP contribution < -0.4 is 10.9 Å². The minimum absolute atomic E-state index is 0.178. The number of hydrogen-bond acceptors (Lipinski definition) is 3. The Morgan fingerprint density at radius 2 is 1.81 bits per heavy atom. The average Bonchev–Trinajstić information content (AvgIpc) is 2.25. The molecule has 0 aliphatic rings. The van der Waals surface area contributed by atoms with Gasteiger partial charge in [-0.15, -0.1) is 0 Å². The lowest BCUT2D eigenvalue weighted by Gasteiger charge is -2.20. The summed E-state index contributed by atoms with van der Waals surface area (Å²) in [5, 5.41) is 8.61. The van der Waals surface area contributed by atoms with Gasteiger partial charge in [0.05, 0.1) is 11.6 Å². The molecule has 0 saturated heterocycles. The average molecular weight is 217 g/mol. The normalized spacial score (nSPS) is 10.6. The Hall–Kier alpha value is -1.86. The molecule has 0 saturated carbocycles. The van der Waals surface area contributed by atoms with E-state index < -0.39 is 0 Å². The van der Waals surface area contributed by atoms with Crippen molar-refractivity contribution in [1.82, 2.24) is 10.9 Å². The van der Waals surface area contributed by atoms with Crippen molar-refractivity contribution < 1.29 is 4.79 Å². The van der Waals surface area contributed by atoms with Gasteiger partial charge >= 0.3 is 0 Å². The standard InChI is InChI=1S/C12H15N3O/c1-12(2,3)15-14-11(16)10-6-4-9(8-13)5-7-10/h4-7,15H,1-3H3,(H,14,16). The second-order valence-corrected chi connectivity index (χ2v) is 4.52. The fourth-order valence-electron chi connectivity index (χ4n) is 1.01. The van der Waals surface area contributed by atoms with E-state index in [-0.39, 0.29) is 11.4 Å². The Balaban J connectivity index is 2.64. The van der Waals surface area contributed by atoms with Crippen LogP contribution in [0.15, 0.2) is 24.3 Å². The Morgan fingerprint density at radius 3 is 2.25 bits per heavy atom. The summed E-state index contributed by atoms with van der Waals surface area (Å²) in [6.45, 7) is 5.85. The zero-order chi connectivity index (χ0) is 12.2. The van der Waals surface area contributed by atoms with E-state index in [0.717, 1.165) is 0 Å². The SMILES string of the molecule is CC(C)(C)NNC(=O)c1ccc(C#N)cc1. The van der Waals surface area contributed by atoms with Crippen molar-refractivity contribution in [2.24, 2.45) is 0 Å². The highest BCUT2D eigenvalue weighted by Crippen LogP contribution is 2.03. The Morgan fingerprint density at radius 1 is 1.25 bits per heavy atom. The zero-order valence-corrected chi connectivity index (χ0v) is 9.66. The maximum atomic E-state index is 11.6. The van der Waals surface area contributed by atoms with Gasteiger partial charge in [-0.05, 0) is 45.0 Å². The van der Waals surface area contributed by atoms with Crippen molar-refractivity contribution in [2.45, 2.75) is 26.3 Å². The molecule has 0 aliphatic carbocycles. The number of benzene rings is 1. The monoisotopic (exact) mass is 217 g/mol. The van der Waals surface area contributed by atoms with E-state index in [4.69, 9.17) is 5.26 Å². The largest absolute Gasteiger partial charge is 0.287 e. The van der Waals surface area contributed by atoms with Crippen LogP contribution in [-0.2, 0) is 0 Å². The highest BCUT2D eigenvalue weighted by Gasteiger charge is 2.11. The molecule has 0 bridgehead atoms. The van der Waals surface area contributed by atoms with Crippen LogP contribution in [0.5, 0.6) is 0 Å². The molecule has 4 nitrogen and oxygen atoms in total. The van der Waals surface area contributed by atoms with Crippen LogP contribution in [0.25, 0.3) is 0 Å². The van der Waals surface area contributed by atoms with Gasteiger partial charge in [0.2, 0.25) is 0 Å². The molecule has 2 N–H and O–H groups in total. The summed E-state index contributed by atoms with van der Waals surface area (Å²) in [7, 11) is 0. The first kappa shape index (κ1) is 12.2. The summed E-state index contributed by atoms with van der Waals surface area (Å²) >= 11 is 0. The summed E-state index contributed by atoms with van der Waals surface area (Å²) < 4.78 is 0.